The van der Waals surface area contributed by atoms with Crippen LogP contribution >= 0.6 is 11.6 Å². The fourth-order valence-electron chi connectivity index (χ4n) is 1.69. The lowest BCUT2D eigenvalue weighted by Crippen LogP contribution is -2.21. The van der Waals surface area contributed by atoms with Crippen LogP contribution < -0.4 is 10.1 Å². The van der Waals surface area contributed by atoms with E-state index in [-0.39, 0.29) is 10.8 Å². The van der Waals surface area contributed by atoms with Gasteiger partial charge in [-0.15, -0.1) is 0 Å². The van der Waals surface area contributed by atoms with E-state index in [4.69, 9.17) is 16.3 Å². The van der Waals surface area contributed by atoms with Gasteiger partial charge in [-0.1, -0.05) is 43.6 Å². The molecular weight excluding hydrogens is 277 g/mol. The second kappa shape index (κ2) is 6.73. The standard InChI is InChI=1S/C16H17ClFNO/c1-11(2)19-10-12-6-8-13(9-7-12)20-15-5-3-4-14(17)16(15)18/h3-9,11,19H,10H2,1-2H3. The lowest BCUT2D eigenvalue weighted by Gasteiger charge is -2.10. The normalized spacial score (nSPS) is 10.8. The molecule has 0 unspecified atom stereocenters. The highest BCUT2D eigenvalue weighted by Crippen LogP contribution is 2.28. The van der Waals surface area contributed by atoms with Gasteiger partial charge < -0.3 is 10.1 Å². The van der Waals surface area contributed by atoms with Crippen LogP contribution in [0.2, 0.25) is 5.02 Å². The third-order valence-electron chi connectivity index (χ3n) is 2.78. The Morgan fingerprint density at radius 3 is 2.50 bits per heavy atom. The third-order valence-corrected chi connectivity index (χ3v) is 3.07. The maximum Gasteiger partial charge on any atom is 0.184 e. The highest BCUT2D eigenvalue weighted by molar-refractivity contribution is 6.30. The van der Waals surface area contributed by atoms with Crippen molar-refractivity contribution in [3.05, 3.63) is 58.9 Å². The summed E-state index contributed by atoms with van der Waals surface area (Å²) < 4.78 is 19.2. The summed E-state index contributed by atoms with van der Waals surface area (Å²) in [6.07, 6.45) is 0. The highest BCUT2D eigenvalue weighted by atomic mass is 35.5. The van der Waals surface area contributed by atoms with Crippen LogP contribution in [0.25, 0.3) is 0 Å². The summed E-state index contributed by atoms with van der Waals surface area (Å²) in [5.41, 5.74) is 1.15. The van der Waals surface area contributed by atoms with E-state index in [2.05, 4.69) is 19.2 Å². The first-order valence-electron chi connectivity index (χ1n) is 6.50. The maximum absolute atomic E-state index is 13.7. The molecule has 0 fully saturated rings. The van der Waals surface area contributed by atoms with Crippen molar-refractivity contribution in [3.8, 4) is 11.5 Å². The summed E-state index contributed by atoms with van der Waals surface area (Å²) in [5.74, 6) is 0.171. The molecule has 0 spiro atoms. The SMILES string of the molecule is CC(C)NCc1ccc(Oc2cccc(Cl)c2F)cc1. The number of nitrogens with one attached hydrogen (secondary N) is 1. The van der Waals surface area contributed by atoms with Gasteiger partial charge in [-0.3, -0.25) is 0 Å². The number of ether oxygens (including phenoxy) is 1. The molecule has 0 atom stereocenters. The van der Waals surface area contributed by atoms with Crippen LogP contribution in [0.5, 0.6) is 11.5 Å². The average Bonchev–Trinajstić information content (AvgIpc) is 2.43. The molecular formula is C16H17ClFNO. The van der Waals surface area contributed by atoms with Gasteiger partial charge in [-0.25, -0.2) is 4.39 Å². The Morgan fingerprint density at radius 2 is 1.85 bits per heavy atom. The smallest absolute Gasteiger partial charge is 0.184 e. The monoisotopic (exact) mass is 293 g/mol. The lowest BCUT2D eigenvalue weighted by molar-refractivity contribution is 0.442. The molecule has 2 rings (SSSR count). The molecule has 0 saturated carbocycles. The molecule has 0 aromatic heterocycles. The van der Waals surface area contributed by atoms with Crippen molar-refractivity contribution in [2.75, 3.05) is 0 Å². The summed E-state index contributed by atoms with van der Waals surface area (Å²) in [6, 6.07) is 12.7. The van der Waals surface area contributed by atoms with Crippen molar-refractivity contribution in [2.45, 2.75) is 26.4 Å². The van der Waals surface area contributed by atoms with E-state index in [0.717, 1.165) is 12.1 Å². The van der Waals surface area contributed by atoms with Crippen molar-refractivity contribution in [2.24, 2.45) is 0 Å². The molecule has 0 bridgehead atoms. The van der Waals surface area contributed by atoms with Crippen molar-refractivity contribution in [3.63, 3.8) is 0 Å². The zero-order valence-electron chi connectivity index (χ0n) is 11.5. The predicted molar refractivity (Wildman–Crippen MR) is 79.9 cm³/mol. The van der Waals surface area contributed by atoms with Gasteiger partial charge in [0.05, 0.1) is 5.02 Å². The average molecular weight is 294 g/mol. The van der Waals surface area contributed by atoms with Crippen LogP contribution in [-0.2, 0) is 6.54 Å². The Hall–Kier alpha value is -1.58. The fraction of sp³-hybridized carbons (Fsp3) is 0.250. The van der Waals surface area contributed by atoms with Gasteiger partial charge >= 0.3 is 0 Å². The number of halogens is 2. The van der Waals surface area contributed by atoms with Crippen molar-refractivity contribution < 1.29 is 9.13 Å². The van der Waals surface area contributed by atoms with Crippen molar-refractivity contribution in [1.29, 1.82) is 0 Å². The van der Waals surface area contributed by atoms with Gasteiger partial charge in [0, 0.05) is 12.6 Å². The van der Waals surface area contributed by atoms with Gasteiger partial charge in [0.1, 0.15) is 5.75 Å². The topological polar surface area (TPSA) is 21.3 Å². The Bertz CT molecular complexity index is 569. The van der Waals surface area contributed by atoms with E-state index in [1.807, 2.05) is 24.3 Å². The van der Waals surface area contributed by atoms with Gasteiger partial charge in [0.2, 0.25) is 0 Å². The van der Waals surface area contributed by atoms with E-state index < -0.39 is 5.82 Å². The first kappa shape index (κ1) is 14.8. The number of hydrogen-bond donors (Lipinski definition) is 1. The molecule has 0 aliphatic carbocycles. The third kappa shape index (κ3) is 3.95. The van der Waals surface area contributed by atoms with Crippen LogP contribution in [0.15, 0.2) is 42.5 Å². The molecule has 0 radical (unpaired) electrons. The van der Waals surface area contributed by atoms with Crippen molar-refractivity contribution in [1.82, 2.24) is 5.32 Å². The second-order valence-corrected chi connectivity index (χ2v) is 5.24. The van der Waals surface area contributed by atoms with Crippen LogP contribution in [0, 0.1) is 5.82 Å². The van der Waals surface area contributed by atoms with E-state index in [0.29, 0.717) is 11.8 Å². The maximum atomic E-state index is 13.7. The molecule has 2 aromatic rings. The fourth-order valence-corrected chi connectivity index (χ4v) is 1.85. The van der Waals surface area contributed by atoms with E-state index >= 15 is 0 Å². The molecule has 0 amide bonds. The first-order valence-corrected chi connectivity index (χ1v) is 6.88. The zero-order chi connectivity index (χ0) is 14.5. The minimum absolute atomic E-state index is 0.0558. The van der Waals surface area contributed by atoms with Crippen LogP contribution in [-0.4, -0.2) is 6.04 Å². The predicted octanol–water partition coefficient (Wildman–Crippen LogP) is 4.77. The first-order chi connectivity index (χ1) is 9.56. The van der Waals surface area contributed by atoms with E-state index in [1.165, 1.54) is 6.07 Å². The molecule has 20 heavy (non-hydrogen) atoms. The molecule has 106 valence electrons. The minimum Gasteiger partial charge on any atom is -0.454 e. The highest BCUT2D eigenvalue weighted by Gasteiger charge is 2.08. The number of benzene rings is 2. The van der Waals surface area contributed by atoms with E-state index in [1.54, 1.807) is 12.1 Å². The van der Waals surface area contributed by atoms with Crippen LogP contribution in [0.1, 0.15) is 19.4 Å². The van der Waals surface area contributed by atoms with Crippen LogP contribution in [0.4, 0.5) is 4.39 Å². The summed E-state index contributed by atoms with van der Waals surface area (Å²) >= 11 is 5.71. The molecule has 1 N–H and O–H groups in total. The quantitative estimate of drug-likeness (QED) is 0.857. The Morgan fingerprint density at radius 1 is 1.15 bits per heavy atom. The second-order valence-electron chi connectivity index (χ2n) is 4.83. The van der Waals surface area contributed by atoms with Gasteiger partial charge in [0.15, 0.2) is 11.6 Å². The van der Waals surface area contributed by atoms with Crippen molar-refractivity contribution >= 4 is 11.6 Å². The van der Waals surface area contributed by atoms with Gasteiger partial charge in [-0.05, 0) is 29.8 Å². The Kier molecular flexibility index (Phi) is 4.99. The number of rotatable bonds is 5. The summed E-state index contributed by atoms with van der Waals surface area (Å²) in [6.45, 7) is 4.99. The molecule has 0 aliphatic rings. The Labute approximate surface area is 123 Å². The van der Waals surface area contributed by atoms with E-state index in [9.17, 15) is 4.39 Å². The Balaban J connectivity index is 2.05. The van der Waals surface area contributed by atoms with Gasteiger partial charge in [0.25, 0.3) is 0 Å². The lowest BCUT2D eigenvalue weighted by atomic mass is 10.2. The molecule has 0 aliphatic heterocycles. The molecule has 2 nitrogen and oxygen atoms in total. The molecule has 0 heterocycles. The minimum atomic E-state index is -0.542. The van der Waals surface area contributed by atoms with Crippen LogP contribution in [0.3, 0.4) is 0 Å². The molecule has 0 saturated heterocycles. The summed E-state index contributed by atoms with van der Waals surface area (Å²) in [5, 5.41) is 3.39. The van der Waals surface area contributed by atoms with Gasteiger partial charge in [-0.2, -0.15) is 0 Å². The molecule has 2 aromatic carbocycles. The zero-order valence-corrected chi connectivity index (χ0v) is 12.2. The summed E-state index contributed by atoms with van der Waals surface area (Å²) in [4.78, 5) is 0. The largest absolute Gasteiger partial charge is 0.454 e. The molecule has 4 heteroatoms. The number of hydrogen-bond acceptors (Lipinski definition) is 2. The summed E-state index contributed by atoms with van der Waals surface area (Å²) in [7, 11) is 0.